The highest BCUT2D eigenvalue weighted by atomic mass is 35.5. The molecule has 0 atom stereocenters. The number of rotatable bonds is 1. The minimum atomic E-state index is -0.477. The van der Waals surface area contributed by atoms with E-state index >= 15 is 0 Å². The molecule has 0 saturated carbocycles. The summed E-state index contributed by atoms with van der Waals surface area (Å²) < 4.78 is 13.7. The highest BCUT2D eigenvalue weighted by molar-refractivity contribution is 6.35. The van der Waals surface area contributed by atoms with Crippen LogP contribution in [0.25, 0.3) is 11.1 Å². The van der Waals surface area contributed by atoms with Crippen LogP contribution in [0.15, 0.2) is 42.5 Å². The molecular weight excluding hydrogens is 234 g/mol. The third kappa shape index (κ3) is 1.99. The molecule has 76 valence electrons. The second kappa shape index (κ2) is 4.21. The van der Waals surface area contributed by atoms with Gasteiger partial charge in [-0.1, -0.05) is 53.5 Å². The SMILES string of the molecule is Fc1c(Cl)ccc(Cl)c1-c1ccccc1. The molecule has 15 heavy (non-hydrogen) atoms. The maximum absolute atomic E-state index is 13.7. The van der Waals surface area contributed by atoms with E-state index < -0.39 is 5.82 Å². The first-order chi connectivity index (χ1) is 7.20. The van der Waals surface area contributed by atoms with Crippen LogP contribution >= 0.6 is 23.2 Å². The molecule has 0 aliphatic carbocycles. The molecule has 0 unspecified atom stereocenters. The Kier molecular flexibility index (Phi) is 2.94. The Morgan fingerprint density at radius 2 is 1.40 bits per heavy atom. The van der Waals surface area contributed by atoms with Gasteiger partial charge in [0.05, 0.1) is 10.0 Å². The first-order valence-corrected chi connectivity index (χ1v) is 5.14. The van der Waals surface area contributed by atoms with Gasteiger partial charge < -0.3 is 0 Å². The quantitative estimate of drug-likeness (QED) is 0.629. The molecule has 0 saturated heterocycles. The fraction of sp³-hybridized carbons (Fsp3) is 0. The fourth-order valence-corrected chi connectivity index (χ4v) is 1.81. The summed E-state index contributed by atoms with van der Waals surface area (Å²) in [7, 11) is 0. The summed E-state index contributed by atoms with van der Waals surface area (Å²) in [6.45, 7) is 0. The second-order valence-electron chi connectivity index (χ2n) is 3.08. The summed E-state index contributed by atoms with van der Waals surface area (Å²) in [5.41, 5.74) is 1.08. The summed E-state index contributed by atoms with van der Waals surface area (Å²) in [5.74, 6) is -0.477. The summed E-state index contributed by atoms with van der Waals surface area (Å²) >= 11 is 11.6. The van der Waals surface area contributed by atoms with Gasteiger partial charge in [-0.2, -0.15) is 0 Å². The number of hydrogen-bond acceptors (Lipinski definition) is 0. The molecule has 0 amide bonds. The van der Waals surface area contributed by atoms with Crippen molar-refractivity contribution in [2.24, 2.45) is 0 Å². The van der Waals surface area contributed by atoms with Crippen LogP contribution in [0.3, 0.4) is 0 Å². The topological polar surface area (TPSA) is 0 Å². The number of halogens is 3. The third-order valence-corrected chi connectivity index (χ3v) is 2.71. The number of hydrogen-bond donors (Lipinski definition) is 0. The fourth-order valence-electron chi connectivity index (χ4n) is 1.40. The summed E-state index contributed by atoms with van der Waals surface area (Å²) in [6.07, 6.45) is 0. The minimum Gasteiger partial charge on any atom is -0.205 e. The van der Waals surface area contributed by atoms with Gasteiger partial charge in [0.2, 0.25) is 0 Å². The van der Waals surface area contributed by atoms with E-state index in [0.717, 1.165) is 5.56 Å². The van der Waals surface area contributed by atoms with E-state index in [1.807, 2.05) is 18.2 Å². The largest absolute Gasteiger partial charge is 0.205 e. The van der Waals surface area contributed by atoms with Crippen molar-refractivity contribution in [1.29, 1.82) is 0 Å². The van der Waals surface area contributed by atoms with E-state index in [9.17, 15) is 4.39 Å². The molecule has 0 N–H and O–H groups in total. The Hall–Kier alpha value is -1.05. The first kappa shape index (κ1) is 10.5. The highest BCUT2D eigenvalue weighted by Gasteiger charge is 2.12. The van der Waals surface area contributed by atoms with Gasteiger partial charge in [0.25, 0.3) is 0 Å². The van der Waals surface area contributed by atoms with Crippen LogP contribution in [-0.4, -0.2) is 0 Å². The predicted octanol–water partition coefficient (Wildman–Crippen LogP) is 4.80. The molecular formula is C12H7Cl2F. The molecule has 0 aliphatic rings. The van der Waals surface area contributed by atoms with Gasteiger partial charge in [0.1, 0.15) is 0 Å². The van der Waals surface area contributed by atoms with Crippen LogP contribution in [0, 0.1) is 5.82 Å². The molecule has 0 heterocycles. The minimum absolute atomic E-state index is 0.0817. The monoisotopic (exact) mass is 240 g/mol. The van der Waals surface area contributed by atoms with Crippen LogP contribution in [-0.2, 0) is 0 Å². The smallest absolute Gasteiger partial charge is 0.151 e. The van der Waals surface area contributed by atoms with E-state index in [-0.39, 0.29) is 5.02 Å². The van der Waals surface area contributed by atoms with Gasteiger partial charge in [-0.3, -0.25) is 0 Å². The lowest BCUT2D eigenvalue weighted by Gasteiger charge is -2.06. The normalized spacial score (nSPS) is 10.3. The van der Waals surface area contributed by atoms with Gasteiger partial charge >= 0.3 is 0 Å². The molecule has 2 aromatic rings. The second-order valence-corrected chi connectivity index (χ2v) is 3.90. The van der Waals surface area contributed by atoms with Crippen molar-refractivity contribution in [3.05, 3.63) is 58.3 Å². The molecule has 0 aliphatic heterocycles. The maximum Gasteiger partial charge on any atom is 0.151 e. The van der Waals surface area contributed by atoms with E-state index in [1.54, 1.807) is 18.2 Å². The van der Waals surface area contributed by atoms with Crippen molar-refractivity contribution in [2.75, 3.05) is 0 Å². The average molecular weight is 241 g/mol. The lowest BCUT2D eigenvalue weighted by atomic mass is 10.1. The van der Waals surface area contributed by atoms with Crippen LogP contribution in [0.1, 0.15) is 0 Å². The van der Waals surface area contributed by atoms with Gasteiger partial charge in [-0.25, -0.2) is 4.39 Å². The van der Waals surface area contributed by atoms with Crippen molar-refractivity contribution < 1.29 is 4.39 Å². The molecule has 2 rings (SSSR count). The average Bonchev–Trinajstić information content (AvgIpc) is 2.26. The van der Waals surface area contributed by atoms with E-state index in [4.69, 9.17) is 23.2 Å². The van der Waals surface area contributed by atoms with Gasteiger partial charge in [0.15, 0.2) is 5.82 Å². The first-order valence-electron chi connectivity index (χ1n) is 4.39. The molecule has 0 bridgehead atoms. The van der Waals surface area contributed by atoms with Crippen molar-refractivity contribution in [1.82, 2.24) is 0 Å². The van der Waals surface area contributed by atoms with Crippen molar-refractivity contribution >= 4 is 23.2 Å². The Bertz CT molecular complexity index is 480. The summed E-state index contributed by atoms with van der Waals surface area (Å²) in [6, 6.07) is 12.1. The zero-order chi connectivity index (χ0) is 10.8. The van der Waals surface area contributed by atoms with Gasteiger partial charge in [0, 0.05) is 5.56 Å². The zero-order valence-corrected chi connectivity index (χ0v) is 9.19. The molecule has 2 aromatic carbocycles. The highest BCUT2D eigenvalue weighted by Crippen LogP contribution is 2.33. The third-order valence-electron chi connectivity index (χ3n) is 2.11. The molecule has 3 heteroatoms. The summed E-state index contributed by atoms with van der Waals surface area (Å²) in [5, 5.41) is 0.446. The Balaban J connectivity index is 2.68. The van der Waals surface area contributed by atoms with Crippen molar-refractivity contribution in [2.45, 2.75) is 0 Å². The molecule has 0 nitrogen and oxygen atoms in total. The van der Waals surface area contributed by atoms with Crippen molar-refractivity contribution in [3.8, 4) is 11.1 Å². The molecule has 0 fully saturated rings. The maximum atomic E-state index is 13.7. The van der Waals surface area contributed by atoms with Gasteiger partial charge in [-0.05, 0) is 17.7 Å². The Morgan fingerprint density at radius 1 is 0.800 bits per heavy atom. The molecule has 0 spiro atoms. The molecule has 0 radical (unpaired) electrons. The van der Waals surface area contributed by atoms with Crippen molar-refractivity contribution in [3.63, 3.8) is 0 Å². The molecule has 0 aromatic heterocycles. The number of benzene rings is 2. The van der Waals surface area contributed by atoms with Gasteiger partial charge in [-0.15, -0.1) is 0 Å². The zero-order valence-electron chi connectivity index (χ0n) is 7.68. The van der Waals surface area contributed by atoms with Crippen LogP contribution in [0.4, 0.5) is 4.39 Å². The van der Waals surface area contributed by atoms with E-state index in [2.05, 4.69) is 0 Å². The van der Waals surface area contributed by atoms with E-state index in [1.165, 1.54) is 6.07 Å². The Labute approximate surface area is 97.3 Å². The predicted molar refractivity (Wildman–Crippen MR) is 61.9 cm³/mol. The van der Waals surface area contributed by atoms with Crippen LogP contribution in [0.5, 0.6) is 0 Å². The lowest BCUT2D eigenvalue weighted by Crippen LogP contribution is -1.86. The standard InChI is InChI=1S/C12H7Cl2F/c13-9-6-7-10(14)12(15)11(9)8-4-2-1-3-5-8/h1-7H. The Morgan fingerprint density at radius 3 is 2.07 bits per heavy atom. The van der Waals surface area contributed by atoms with Crippen LogP contribution < -0.4 is 0 Å². The van der Waals surface area contributed by atoms with E-state index in [0.29, 0.717) is 10.6 Å². The lowest BCUT2D eigenvalue weighted by molar-refractivity contribution is 0.632. The summed E-state index contributed by atoms with van der Waals surface area (Å²) in [4.78, 5) is 0. The van der Waals surface area contributed by atoms with Crippen LogP contribution in [0.2, 0.25) is 10.0 Å².